The topological polar surface area (TPSA) is 32.7 Å². The molecule has 0 saturated carbocycles. The summed E-state index contributed by atoms with van der Waals surface area (Å²) in [5, 5.41) is 9.55. The first-order chi connectivity index (χ1) is 4.66. The molecule has 0 spiro atoms. The molecule has 1 aliphatic heterocycles. The summed E-state index contributed by atoms with van der Waals surface area (Å²) < 4.78 is 4.96. The molecular weight excluding hydrogens is 130 g/mol. The molecule has 0 radical (unpaired) electrons. The Bertz CT molecular complexity index is 108. The zero-order valence-corrected chi connectivity index (χ0v) is 6.63. The van der Waals surface area contributed by atoms with E-state index in [1.165, 1.54) is 0 Å². The fourth-order valence-corrected chi connectivity index (χ4v) is 1.17. The van der Waals surface area contributed by atoms with Gasteiger partial charge >= 0.3 is 0 Å². The molecule has 0 aromatic heterocycles. The van der Waals surface area contributed by atoms with Gasteiger partial charge in [0.2, 0.25) is 0 Å². The molecule has 10 heavy (non-hydrogen) atoms. The van der Waals surface area contributed by atoms with Crippen molar-refractivity contribution >= 4 is 0 Å². The van der Waals surface area contributed by atoms with Crippen molar-refractivity contribution < 1.29 is 9.84 Å². The van der Waals surface area contributed by atoms with Crippen LogP contribution in [-0.2, 0) is 4.74 Å². The van der Waals surface area contributed by atoms with Crippen LogP contribution in [0.15, 0.2) is 0 Å². The fraction of sp³-hybridized carbons (Fsp3) is 1.00. The maximum Gasteiger partial charge on any atom is 0.167 e. The molecule has 1 N–H and O–H groups in total. The van der Waals surface area contributed by atoms with Crippen LogP contribution in [0, 0.1) is 0 Å². The maximum atomic E-state index is 9.55. The molecule has 1 aliphatic rings. The van der Waals surface area contributed by atoms with Gasteiger partial charge in [-0.05, 0) is 7.05 Å². The molecule has 0 aliphatic carbocycles. The molecule has 3 heteroatoms. The van der Waals surface area contributed by atoms with Crippen molar-refractivity contribution in [2.24, 2.45) is 0 Å². The van der Waals surface area contributed by atoms with E-state index in [-0.39, 0.29) is 0 Å². The van der Waals surface area contributed by atoms with Crippen molar-refractivity contribution in [3.63, 3.8) is 0 Å². The Labute approximate surface area is 61.6 Å². The lowest BCUT2D eigenvalue weighted by atomic mass is 10.0. The number of methoxy groups -OCH3 is 1. The van der Waals surface area contributed by atoms with Crippen molar-refractivity contribution in [3.8, 4) is 0 Å². The van der Waals surface area contributed by atoms with E-state index in [0.29, 0.717) is 0 Å². The zero-order chi connectivity index (χ0) is 7.61. The van der Waals surface area contributed by atoms with Gasteiger partial charge in [0, 0.05) is 33.0 Å². The van der Waals surface area contributed by atoms with Gasteiger partial charge in [0.25, 0.3) is 0 Å². The third-order valence-corrected chi connectivity index (χ3v) is 2.15. The normalized spacial score (nSPS) is 26.7. The van der Waals surface area contributed by atoms with Crippen molar-refractivity contribution in [1.82, 2.24) is 4.90 Å². The van der Waals surface area contributed by atoms with Crippen LogP contribution in [0.4, 0.5) is 0 Å². The van der Waals surface area contributed by atoms with Gasteiger partial charge in [-0.2, -0.15) is 0 Å². The molecule has 1 saturated heterocycles. The van der Waals surface area contributed by atoms with Crippen molar-refractivity contribution in [2.75, 3.05) is 27.2 Å². The average Bonchev–Trinajstić information content (AvgIpc) is 1.96. The van der Waals surface area contributed by atoms with Gasteiger partial charge in [-0.1, -0.05) is 0 Å². The average molecular weight is 145 g/mol. The van der Waals surface area contributed by atoms with Crippen LogP contribution >= 0.6 is 0 Å². The van der Waals surface area contributed by atoms with Gasteiger partial charge in [0.05, 0.1) is 0 Å². The quantitative estimate of drug-likeness (QED) is 0.529. The van der Waals surface area contributed by atoms with Crippen LogP contribution in [0.2, 0.25) is 0 Å². The predicted molar refractivity (Wildman–Crippen MR) is 38.7 cm³/mol. The van der Waals surface area contributed by atoms with Crippen LogP contribution in [-0.4, -0.2) is 43.0 Å². The highest BCUT2D eigenvalue weighted by molar-refractivity contribution is 4.75. The third kappa shape index (κ3) is 1.68. The van der Waals surface area contributed by atoms with E-state index in [4.69, 9.17) is 4.74 Å². The summed E-state index contributed by atoms with van der Waals surface area (Å²) in [5.41, 5.74) is 0. The van der Waals surface area contributed by atoms with Gasteiger partial charge in [-0.3, -0.25) is 0 Å². The molecule has 0 aromatic carbocycles. The third-order valence-electron chi connectivity index (χ3n) is 2.15. The van der Waals surface area contributed by atoms with Gasteiger partial charge < -0.3 is 14.7 Å². The molecule has 0 amide bonds. The van der Waals surface area contributed by atoms with E-state index >= 15 is 0 Å². The van der Waals surface area contributed by atoms with E-state index in [1.807, 2.05) is 0 Å². The molecule has 0 unspecified atom stereocenters. The summed E-state index contributed by atoms with van der Waals surface area (Å²) in [5.74, 6) is -0.841. The second-order valence-electron chi connectivity index (χ2n) is 2.95. The molecule has 3 nitrogen and oxygen atoms in total. The van der Waals surface area contributed by atoms with E-state index in [0.717, 1.165) is 25.9 Å². The number of rotatable bonds is 1. The number of piperidine rings is 1. The summed E-state index contributed by atoms with van der Waals surface area (Å²) in [7, 11) is 3.61. The van der Waals surface area contributed by atoms with Crippen LogP contribution < -0.4 is 0 Å². The van der Waals surface area contributed by atoms with Gasteiger partial charge in [-0.25, -0.2) is 0 Å². The summed E-state index contributed by atoms with van der Waals surface area (Å²) in [6.07, 6.45) is 1.44. The molecule has 1 fully saturated rings. The molecule has 0 bridgehead atoms. The van der Waals surface area contributed by atoms with Crippen LogP contribution in [0.1, 0.15) is 12.8 Å². The second-order valence-corrected chi connectivity index (χ2v) is 2.95. The highest BCUT2D eigenvalue weighted by Crippen LogP contribution is 2.20. The SMILES string of the molecule is COC1(O)CCN(C)CC1. The Balaban J connectivity index is 2.38. The van der Waals surface area contributed by atoms with Crippen LogP contribution in [0.5, 0.6) is 0 Å². The number of hydrogen-bond donors (Lipinski definition) is 1. The van der Waals surface area contributed by atoms with E-state index in [2.05, 4.69) is 11.9 Å². The molecular formula is C7H15NO2. The first-order valence-electron chi connectivity index (χ1n) is 3.62. The molecule has 0 atom stereocenters. The zero-order valence-electron chi connectivity index (χ0n) is 6.63. The largest absolute Gasteiger partial charge is 0.365 e. The Morgan fingerprint density at radius 3 is 2.30 bits per heavy atom. The molecule has 1 heterocycles. The number of aliphatic hydroxyl groups is 1. The number of hydrogen-bond acceptors (Lipinski definition) is 3. The van der Waals surface area contributed by atoms with Crippen molar-refractivity contribution in [3.05, 3.63) is 0 Å². The van der Waals surface area contributed by atoms with E-state index in [9.17, 15) is 5.11 Å². The van der Waals surface area contributed by atoms with Gasteiger partial charge in [0.15, 0.2) is 5.79 Å². The van der Waals surface area contributed by atoms with Gasteiger partial charge in [0.1, 0.15) is 0 Å². The lowest BCUT2D eigenvalue weighted by Crippen LogP contribution is -2.43. The second kappa shape index (κ2) is 2.86. The van der Waals surface area contributed by atoms with Crippen LogP contribution in [0.3, 0.4) is 0 Å². The maximum absolute atomic E-state index is 9.55. The number of ether oxygens (including phenoxy) is 1. The first-order valence-corrected chi connectivity index (χ1v) is 3.62. The first kappa shape index (κ1) is 7.98. The highest BCUT2D eigenvalue weighted by atomic mass is 16.6. The standard InChI is InChI=1S/C7H15NO2/c1-8-5-3-7(9,10-2)4-6-8/h9H,3-6H2,1-2H3. The Morgan fingerprint density at radius 2 is 1.90 bits per heavy atom. The summed E-state index contributed by atoms with van der Waals surface area (Å²) in [6, 6.07) is 0. The Hall–Kier alpha value is -0.120. The minimum atomic E-state index is -0.841. The predicted octanol–water partition coefficient (Wildman–Crippen LogP) is 0.0470. The molecule has 1 rings (SSSR count). The number of nitrogens with zero attached hydrogens (tertiary/aromatic N) is 1. The fourth-order valence-electron chi connectivity index (χ4n) is 1.17. The smallest absolute Gasteiger partial charge is 0.167 e. The van der Waals surface area contributed by atoms with Crippen LogP contribution in [0.25, 0.3) is 0 Å². The lowest BCUT2D eigenvalue weighted by Gasteiger charge is -2.34. The Kier molecular flexibility index (Phi) is 2.28. The van der Waals surface area contributed by atoms with Crippen molar-refractivity contribution in [2.45, 2.75) is 18.6 Å². The highest BCUT2D eigenvalue weighted by Gasteiger charge is 2.30. The molecule has 60 valence electrons. The lowest BCUT2D eigenvalue weighted by molar-refractivity contribution is -0.208. The minimum Gasteiger partial charge on any atom is -0.365 e. The van der Waals surface area contributed by atoms with Gasteiger partial charge in [-0.15, -0.1) is 0 Å². The summed E-state index contributed by atoms with van der Waals surface area (Å²) in [6.45, 7) is 1.84. The summed E-state index contributed by atoms with van der Waals surface area (Å²) in [4.78, 5) is 2.19. The summed E-state index contributed by atoms with van der Waals surface area (Å²) >= 11 is 0. The van der Waals surface area contributed by atoms with E-state index in [1.54, 1.807) is 7.11 Å². The Morgan fingerprint density at radius 1 is 1.40 bits per heavy atom. The van der Waals surface area contributed by atoms with Crippen molar-refractivity contribution in [1.29, 1.82) is 0 Å². The number of likely N-dealkylation sites (tertiary alicyclic amines) is 1. The minimum absolute atomic E-state index is 0.722. The monoisotopic (exact) mass is 145 g/mol. The van der Waals surface area contributed by atoms with E-state index < -0.39 is 5.79 Å². The molecule has 0 aromatic rings.